The lowest BCUT2D eigenvalue weighted by Gasteiger charge is -1.99. The van der Waals surface area contributed by atoms with Crippen LogP contribution in [0.3, 0.4) is 0 Å². The van der Waals surface area contributed by atoms with Gasteiger partial charge in [-0.1, -0.05) is 27.5 Å². The fourth-order valence-corrected chi connectivity index (χ4v) is 2.35. The van der Waals surface area contributed by atoms with Crippen LogP contribution in [-0.4, -0.2) is 9.91 Å². The van der Waals surface area contributed by atoms with Crippen LogP contribution in [0.15, 0.2) is 45.3 Å². The number of rotatable bonds is 2. The van der Waals surface area contributed by atoms with Gasteiger partial charge in [-0.2, -0.15) is 0 Å². The molecule has 2 aromatic carbocycles. The zero-order valence-electron chi connectivity index (χ0n) is 9.84. The van der Waals surface area contributed by atoms with Crippen molar-refractivity contribution in [3.8, 4) is 11.5 Å². The first-order valence-electron chi connectivity index (χ1n) is 5.55. The van der Waals surface area contributed by atoms with Crippen molar-refractivity contribution >= 4 is 44.3 Å². The summed E-state index contributed by atoms with van der Waals surface area (Å²) in [6.45, 7) is 0. The average molecular weight is 354 g/mol. The largest absolute Gasteiger partial charge is 0.436 e. The lowest BCUT2D eigenvalue weighted by atomic mass is 10.2. The summed E-state index contributed by atoms with van der Waals surface area (Å²) in [6, 6.07) is 9.54. The minimum Gasteiger partial charge on any atom is -0.436 e. The first-order valence-corrected chi connectivity index (χ1v) is 6.72. The Bertz CT molecular complexity index is 832. The average Bonchev–Trinajstić information content (AvgIpc) is 2.81. The molecule has 3 rings (SSSR count). The van der Waals surface area contributed by atoms with Crippen LogP contribution in [-0.2, 0) is 0 Å². The molecule has 0 spiro atoms. The van der Waals surface area contributed by atoms with Crippen molar-refractivity contribution in [1.29, 1.82) is 0 Å². The summed E-state index contributed by atoms with van der Waals surface area (Å²) < 4.78 is 6.46. The third-order valence-electron chi connectivity index (χ3n) is 2.74. The van der Waals surface area contributed by atoms with E-state index in [1.807, 2.05) is 6.07 Å². The highest BCUT2D eigenvalue weighted by Gasteiger charge is 2.16. The first kappa shape index (κ1) is 13.1. The van der Waals surface area contributed by atoms with Gasteiger partial charge >= 0.3 is 0 Å². The smallest absolute Gasteiger partial charge is 0.270 e. The Morgan fingerprint density at radius 2 is 2.05 bits per heavy atom. The van der Waals surface area contributed by atoms with Gasteiger partial charge in [-0.15, -0.1) is 0 Å². The van der Waals surface area contributed by atoms with Crippen molar-refractivity contribution in [2.24, 2.45) is 0 Å². The van der Waals surface area contributed by atoms with Gasteiger partial charge in [0.1, 0.15) is 5.52 Å². The summed E-state index contributed by atoms with van der Waals surface area (Å²) >= 11 is 9.41. The minimum absolute atomic E-state index is 0.0622. The Labute approximate surface area is 126 Å². The number of fused-ring (bicyclic) bond motifs is 1. The Balaban J connectivity index is 2.19. The monoisotopic (exact) mass is 352 g/mol. The van der Waals surface area contributed by atoms with E-state index in [4.69, 9.17) is 16.0 Å². The molecule has 1 heterocycles. The topological polar surface area (TPSA) is 69.2 Å². The molecule has 0 radical (unpaired) electrons. The van der Waals surface area contributed by atoms with Crippen LogP contribution in [0.4, 0.5) is 5.69 Å². The molecule has 0 saturated heterocycles. The van der Waals surface area contributed by atoms with E-state index in [0.717, 1.165) is 4.47 Å². The fraction of sp³-hybridized carbons (Fsp3) is 0. The Kier molecular flexibility index (Phi) is 3.19. The molecule has 0 atom stereocenters. The second-order valence-electron chi connectivity index (χ2n) is 4.05. The van der Waals surface area contributed by atoms with E-state index < -0.39 is 4.92 Å². The Morgan fingerprint density at radius 3 is 2.80 bits per heavy atom. The highest BCUT2D eigenvalue weighted by atomic mass is 79.9. The van der Waals surface area contributed by atoms with Crippen molar-refractivity contribution in [3.05, 3.63) is 56.0 Å². The molecule has 3 aromatic rings. The zero-order valence-corrected chi connectivity index (χ0v) is 12.2. The molecule has 0 aliphatic heterocycles. The molecule has 0 aliphatic carbocycles. The van der Waals surface area contributed by atoms with Crippen LogP contribution < -0.4 is 0 Å². The van der Waals surface area contributed by atoms with E-state index in [-0.39, 0.29) is 11.6 Å². The predicted molar refractivity (Wildman–Crippen MR) is 78.8 cm³/mol. The lowest BCUT2D eigenvalue weighted by molar-refractivity contribution is -0.384. The zero-order chi connectivity index (χ0) is 14.3. The van der Waals surface area contributed by atoms with Crippen LogP contribution >= 0.6 is 27.5 Å². The quantitative estimate of drug-likeness (QED) is 0.489. The van der Waals surface area contributed by atoms with Crippen molar-refractivity contribution in [2.75, 3.05) is 0 Å². The van der Waals surface area contributed by atoms with E-state index in [1.165, 1.54) is 18.2 Å². The predicted octanol–water partition coefficient (Wildman–Crippen LogP) is 4.82. The van der Waals surface area contributed by atoms with Crippen LogP contribution in [0.5, 0.6) is 0 Å². The summed E-state index contributed by atoms with van der Waals surface area (Å²) in [7, 11) is 0. The first-order chi connectivity index (χ1) is 9.54. The number of hydrogen-bond acceptors (Lipinski definition) is 4. The van der Waals surface area contributed by atoms with Crippen LogP contribution in [0, 0.1) is 10.1 Å². The number of oxazole rings is 1. The summed E-state index contributed by atoms with van der Waals surface area (Å²) in [6.07, 6.45) is 0. The number of aromatic nitrogens is 1. The molecule has 100 valence electrons. The maximum absolute atomic E-state index is 10.8. The van der Waals surface area contributed by atoms with Gasteiger partial charge < -0.3 is 4.42 Å². The van der Waals surface area contributed by atoms with E-state index in [0.29, 0.717) is 21.7 Å². The molecule has 0 aliphatic rings. The fourth-order valence-electron chi connectivity index (χ4n) is 1.81. The molecular formula is C13H6BrClN2O3. The summed E-state index contributed by atoms with van der Waals surface area (Å²) in [5, 5.41) is 11.2. The van der Waals surface area contributed by atoms with Gasteiger partial charge in [0.05, 0.1) is 15.5 Å². The highest BCUT2D eigenvalue weighted by Crippen LogP contribution is 2.33. The van der Waals surface area contributed by atoms with E-state index in [1.54, 1.807) is 12.1 Å². The van der Waals surface area contributed by atoms with Crippen molar-refractivity contribution in [3.63, 3.8) is 0 Å². The van der Waals surface area contributed by atoms with Gasteiger partial charge in [-0.05, 0) is 24.3 Å². The number of benzene rings is 2. The number of hydrogen-bond donors (Lipinski definition) is 0. The molecule has 20 heavy (non-hydrogen) atoms. The van der Waals surface area contributed by atoms with Gasteiger partial charge in [0.25, 0.3) is 5.69 Å². The normalized spacial score (nSPS) is 10.9. The molecule has 1 aromatic heterocycles. The van der Waals surface area contributed by atoms with Crippen LogP contribution in [0.2, 0.25) is 5.02 Å². The number of non-ortho nitro benzene ring substituents is 1. The third kappa shape index (κ3) is 2.28. The van der Waals surface area contributed by atoms with Gasteiger partial charge in [0, 0.05) is 16.6 Å². The van der Waals surface area contributed by atoms with Crippen molar-refractivity contribution < 1.29 is 9.34 Å². The SMILES string of the molecule is O=[N+]([O-])c1ccc(Cl)c(-c2nc3cc(Br)ccc3o2)c1. The Hall–Kier alpha value is -1.92. The molecule has 0 saturated carbocycles. The van der Waals surface area contributed by atoms with Crippen molar-refractivity contribution in [2.45, 2.75) is 0 Å². The summed E-state index contributed by atoms with van der Waals surface area (Å²) in [4.78, 5) is 14.6. The van der Waals surface area contributed by atoms with Gasteiger partial charge in [0.15, 0.2) is 5.58 Å². The third-order valence-corrected chi connectivity index (χ3v) is 3.56. The maximum atomic E-state index is 10.8. The van der Waals surface area contributed by atoms with E-state index in [2.05, 4.69) is 20.9 Å². The van der Waals surface area contributed by atoms with Crippen LogP contribution in [0.25, 0.3) is 22.6 Å². The molecule has 5 nitrogen and oxygen atoms in total. The number of halogens is 2. The number of nitrogens with zero attached hydrogens (tertiary/aromatic N) is 2. The molecule has 0 bridgehead atoms. The maximum Gasteiger partial charge on any atom is 0.270 e. The number of nitro groups is 1. The summed E-state index contributed by atoms with van der Waals surface area (Å²) in [5.41, 5.74) is 1.57. The van der Waals surface area contributed by atoms with E-state index >= 15 is 0 Å². The summed E-state index contributed by atoms with van der Waals surface area (Å²) in [5.74, 6) is 0.256. The Morgan fingerprint density at radius 1 is 1.25 bits per heavy atom. The molecular weight excluding hydrogens is 348 g/mol. The van der Waals surface area contributed by atoms with Gasteiger partial charge in [-0.25, -0.2) is 4.98 Å². The second kappa shape index (κ2) is 4.88. The molecule has 0 N–H and O–H groups in total. The van der Waals surface area contributed by atoms with Gasteiger partial charge in [-0.3, -0.25) is 10.1 Å². The van der Waals surface area contributed by atoms with Crippen molar-refractivity contribution in [1.82, 2.24) is 4.98 Å². The molecule has 7 heteroatoms. The highest BCUT2D eigenvalue weighted by molar-refractivity contribution is 9.10. The molecule has 0 unspecified atom stereocenters. The van der Waals surface area contributed by atoms with Gasteiger partial charge in [0.2, 0.25) is 5.89 Å². The molecule has 0 fully saturated rings. The van der Waals surface area contributed by atoms with Crippen LogP contribution in [0.1, 0.15) is 0 Å². The molecule has 0 amide bonds. The number of nitro benzene ring substituents is 1. The van der Waals surface area contributed by atoms with E-state index in [9.17, 15) is 10.1 Å². The second-order valence-corrected chi connectivity index (χ2v) is 5.38. The lowest BCUT2D eigenvalue weighted by Crippen LogP contribution is -1.89. The minimum atomic E-state index is -0.487. The standard InChI is InChI=1S/C13H6BrClN2O3/c14-7-1-4-12-11(5-7)16-13(20-12)9-6-8(17(18)19)2-3-10(9)15/h1-6H.